The zero-order chi connectivity index (χ0) is 13.7. The number of hydrogen-bond acceptors (Lipinski definition) is 3. The van der Waals surface area contributed by atoms with Crippen LogP contribution in [0.25, 0.3) is 0 Å². The number of amides is 1. The van der Waals surface area contributed by atoms with Gasteiger partial charge < -0.3 is 14.8 Å². The molecule has 1 amide bonds. The highest BCUT2D eigenvalue weighted by Gasteiger charge is 2.17. The Labute approximate surface area is 111 Å². The molecule has 19 heavy (non-hydrogen) atoms. The third-order valence-corrected chi connectivity index (χ3v) is 3.01. The fourth-order valence-corrected chi connectivity index (χ4v) is 2.03. The highest BCUT2D eigenvalue weighted by Crippen LogP contribution is 2.18. The predicted octanol–water partition coefficient (Wildman–Crippen LogP) is 2.13. The smallest absolute Gasteiger partial charge is 0.251 e. The lowest BCUT2D eigenvalue weighted by Crippen LogP contribution is -2.31. The van der Waals surface area contributed by atoms with Gasteiger partial charge in [0.1, 0.15) is 0 Å². The summed E-state index contributed by atoms with van der Waals surface area (Å²) in [5.41, 5.74) is 0.291. The summed E-state index contributed by atoms with van der Waals surface area (Å²) in [6, 6.07) is 4.22. The lowest BCUT2D eigenvalue weighted by atomic mass is 10.2. The van der Waals surface area contributed by atoms with Crippen LogP contribution in [0.15, 0.2) is 18.2 Å². The first-order valence-electron chi connectivity index (χ1n) is 6.53. The van der Waals surface area contributed by atoms with E-state index < -0.39 is 5.82 Å². The van der Waals surface area contributed by atoms with E-state index in [1.807, 2.05) is 0 Å². The minimum absolute atomic E-state index is 0.0801. The minimum Gasteiger partial charge on any atom is -0.491 e. The van der Waals surface area contributed by atoms with Crippen LogP contribution in [0, 0.1) is 5.82 Å². The maximum atomic E-state index is 13.6. The Morgan fingerprint density at radius 2 is 2.42 bits per heavy atom. The molecule has 1 N–H and O–H groups in total. The molecule has 0 spiro atoms. The molecule has 1 aliphatic rings. The van der Waals surface area contributed by atoms with Crippen molar-refractivity contribution in [1.82, 2.24) is 5.32 Å². The van der Waals surface area contributed by atoms with Gasteiger partial charge in [-0.2, -0.15) is 0 Å². The van der Waals surface area contributed by atoms with Crippen LogP contribution in [-0.2, 0) is 4.74 Å². The Morgan fingerprint density at radius 1 is 1.58 bits per heavy atom. The summed E-state index contributed by atoms with van der Waals surface area (Å²) in [6.45, 7) is 3.38. The zero-order valence-corrected chi connectivity index (χ0v) is 10.9. The molecule has 1 fully saturated rings. The van der Waals surface area contributed by atoms with Crippen LogP contribution in [0.4, 0.5) is 4.39 Å². The van der Waals surface area contributed by atoms with Gasteiger partial charge in [-0.05, 0) is 38.0 Å². The second-order valence-electron chi connectivity index (χ2n) is 4.42. The van der Waals surface area contributed by atoms with Crippen molar-refractivity contribution in [3.63, 3.8) is 0 Å². The monoisotopic (exact) mass is 267 g/mol. The summed E-state index contributed by atoms with van der Waals surface area (Å²) in [5.74, 6) is -0.651. The average Bonchev–Trinajstić information content (AvgIpc) is 2.91. The molecule has 1 heterocycles. The number of carbonyl (C=O) groups is 1. The summed E-state index contributed by atoms with van der Waals surface area (Å²) >= 11 is 0. The van der Waals surface area contributed by atoms with Crippen LogP contribution in [0.3, 0.4) is 0 Å². The fourth-order valence-electron chi connectivity index (χ4n) is 2.03. The Bertz CT molecular complexity index is 444. The molecule has 1 aliphatic heterocycles. The Morgan fingerprint density at radius 3 is 3.05 bits per heavy atom. The molecule has 4 nitrogen and oxygen atoms in total. The number of hydrogen-bond donors (Lipinski definition) is 1. The molecule has 1 saturated heterocycles. The van der Waals surface area contributed by atoms with Gasteiger partial charge in [0.15, 0.2) is 11.6 Å². The first-order valence-corrected chi connectivity index (χ1v) is 6.53. The first kappa shape index (κ1) is 13.8. The molecule has 2 rings (SSSR count). The number of nitrogens with one attached hydrogen (secondary N) is 1. The van der Waals surface area contributed by atoms with Gasteiger partial charge in [0.2, 0.25) is 0 Å². The summed E-state index contributed by atoms with van der Waals surface area (Å²) in [6.07, 6.45) is 2.06. The van der Waals surface area contributed by atoms with E-state index in [1.165, 1.54) is 12.1 Å². The Kier molecular flexibility index (Phi) is 4.74. The number of halogens is 1. The molecule has 0 aliphatic carbocycles. The maximum Gasteiger partial charge on any atom is 0.251 e. The van der Waals surface area contributed by atoms with Crippen molar-refractivity contribution in [3.8, 4) is 5.75 Å². The largest absolute Gasteiger partial charge is 0.491 e. The highest BCUT2D eigenvalue weighted by atomic mass is 19.1. The Balaban J connectivity index is 1.92. The average molecular weight is 267 g/mol. The highest BCUT2D eigenvalue weighted by molar-refractivity contribution is 5.94. The molecule has 1 aromatic carbocycles. The van der Waals surface area contributed by atoms with E-state index in [-0.39, 0.29) is 17.8 Å². The topological polar surface area (TPSA) is 47.6 Å². The summed E-state index contributed by atoms with van der Waals surface area (Å²) in [4.78, 5) is 11.8. The quantitative estimate of drug-likeness (QED) is 0.889. The molecule has 1 atom stereocenters. The van der Waals surface area contributed by atoms with Crippen LogP contribution < -0.4 is 10.1 Å². The van der Waals surface area contributed by atoms with Gasteiger partial charge >= 0.3 is 0 Å². The molecule has 0 saturated carbocycles. The summed E-state index contributed by atoms with van der Waals surface area (Å²) in [7, 11) is 0. The second kappa shape index (κ2) is 6.52. The van der Waals surface area contributed by atoms with E-state index in [0.29, 0.717) is 18.7 Å². The second-order valence-corrected chi connectivity index (χ2v) is 4.42. The fraction of sp³-hybridized carbons (Fsp3) is 0.500. The van der Waals surface area contributed by atoms with Gasteiger partial charge in [0, 0.05) is 18.7 Å². The number of carbonyl (C=O) groups excluding carboxylic acids is 1. The third-order valence-electron chi connectivity index (χ3n) is 3.01. The third kappa shape index (κ3) is 3.67. The van der Waals surface area contributed by atoms with Crippen LogP contribution in [0.1, 0.15) is 30.1 Å². The van der Waals surface area contributed by atoms with Crippen LogP contribution in [0.2, 0.25) is 0 Å². The molecule has 0 aromatic heterocycles. The van der Waals surface area contributed by atoms with E-state index >= 15 is 0 Å². The first-order chi connectivity index (χ1) is 9.20. The van der Waals surface area contributed by atoms with Crippen molar-refractivity contribution in [3.05, 3.63) is 29.6 Å². The van der Waals surface area contributed by atoms with E-state index in [4.69, 9.17) is 9.47 Å². The van der Waals surface area contributed by atoms with Crippen molar-refractivity contribution < 1.29 is 18.7 Å². The zero-order valence-electron chi connectivity index (χ0n) is 10.9. The van der Waals surface area contributed by atoms with E-state index in [9.17, 15) is 9.18 Å². The van der Waals surface area contributed by atoms with Gasteiger partial charge in [0.25, 0.3) is 5.91 Å². The molecule has 1 aromatic rings. The van der Waals surface area contributed by atoms with Crippen molar-refractivity contribution in [2.24, 2.45) is 0 Å². The lowest BCUT2D eigenvalue weighted by Gasteiger charge is -2.11. The molecule has 0 bridgehead atoms. The number of rotatable bonds is 5. The van der Waals surface area contributed by atoms with Gasteiger partial charge in [-0.1, -0.05) is 0 Å². The van der Waals surface area contributed by atoms with Crippen molar-refractivity contribution in [2.45, 2.75) is 25.9 Å². The predicted molar refractivity (Wildman–Crippen MR) is 68.9 cm³/mol. The van der Waals surface area contributed by atoms with Crippen LogP contribution in [-0.4, -0.2) is 31.8 Å². The van der Waals surface area contributed by atoms with Gasteiger partial charge in [0.05, 0.1) is 12.7 Å². The minimum atomic E-state index is -0.522. The molecular weight excluding hydrogens is 249 g/mol. The SMILES string of the molecule is CCOc1ccc(C(=O)NCC2CCCO2)cc1F. The summed E-state index contributed by atoms with van der Waals surface area (Å²) in [5, 5.41) is 2.75. The molecule has 1 unspecified atom stereocenters. The van der Waals surface area contributed by atoms with Crippen molar-refractivity contribution in [2.75, 3.05) is 19.8 Å². The molecular formula is C14H18FNO3. The van der Waals surface area contributed by atoms with Crippen molar-refractivity contribution in [1.29, 1.82) is 0 Å². The van der Waals surface area contributed by atoms with Gasteiger partial charge in [-0.15, -0.1) is 0 Å². The van der Waals surface area contributed by atoms with Gasteiger partial charge in [-0.25, -0.2) is 4.39 Å². The number of ether oxygens (including phenoxy) is 2. The Hall–Kier alpha value is -1.62. The lowest BCUT2D eigenvalue weighted by molar-refractivity contribution is 0.0857. The molecule has 104 valence electrons. The maximum absolute atomic E-state index is 13.6. The normalized spacial score (nSPS) is 18.3. The molecule has 5 heteroatoms. The van der Waals surface area contributed by atoms with Gasteiger partial charge in [-0.3, -0.25) is 4.79 Å². The van der Waals surface area contributed by atoms with Crippen LogP contribution >= 0.6 is 0 Å². The van der Waals surface area contributed by atoms with E-state index in [0.717, 1.165) is 19.4 Å². The van der Waals surface area contributed by atoms with Crippen molar-refractivity contribution >= 4 is 5.91 Å². The summed E-state index contributed by atoms with van der Waals surface area (Å²) < 4.78 is 24.1. The standard InChI is InChI=1S/C14H18FNO3/c1-2-18-13-6-5-10(8-12(13)15)14(17)16-9-11-4-3-7-19-11/h5-6,8,11H,2-4,7,9H2,1H3,(H,16,17). The molecule has 0 radical (unpaired) electrons. The number of benzene rings is 1. The van der Waals surface area contributed by atoms with E-state index in [2.05, 4.69) is 5.32 Å². The van der Waals surface area contributed by atoms with E-state index in [1.54, 1.807) is 13.0 Å². The van der Waals surface area contributed by atoms with Crippen LogP contribution in [0.5, 0.6) is 5.75 Å².